The van der Waals surface area contributed by atoms with Gasteiger partial charge in [-0.3, -0.25) is 9.59 Å². The van der Waals surface area contributed by atoms with Gasteiger partial charge in [0.2, 0.25) is 0 Å². The smallest absolute Gasteiger partial charge is 0.307 e. The molecule has 2 N–H and O–H groups in total. The van der Waals surface area contributed by atoms with Gasteiger partial charge in [0.1, 0.15) is 5.75 Å². The molecular formula is C12H14BrNO4. The van der Waals surface area contributed by atoms with Crippen LogP contribution in [0.25, 0.3) is 0 Å². The molecule has 5 nitrogen and oxygen atoms in total. The average molecular weight is 316 g/mol. The number of carbonyl (C=O) groups is 2. The maximum Gasteiger partial charge on any atom is 0.307 e. The SMILES string of the molecule is CCOC(=O)CCNC(=O)c1ccc(Br)c(O)c1. The molecule has 0 fully saturated rings. The highest BCUT2D eigenvalue weighted by Crippen LogP contribution is 2.24. The Morgan fingerprint density at radius 1 is 1.44 bits per heavy atom. The summed E-state index contributed by atoms with van der Waals surface area (Å²) in [5, 5.41) is 12.0. The Kier molecular flexibility index (Phi) is 5.64. The number of benzene rings is 1. The number of phenols is 1. The van der Waals surface area contributed by atoms with Crippen LogP contribution in [0.15, 0.2) is 22.7 Å². The number of hydrogen-bond donors (Lipinski definition) is 2. The van der Waals surface area contributed by atoms with Crippen LogP contribution in [0, 0.1) is 0 Å². The van der Waals surface area contributed by atoms with Crippen LogP contribution < -0.4 is 5.32 Å². The lowest BCUT2D eigenvalue weighted by atomic mass is 10.2. The number of hydrogen-bond acceptors (Lipinski definition) is 4. The first kappa shape index (κ1) is 14.5. The molecule has 0 aliphatic heterocycles. The third kappa shape index (κ3) is 4.37. The predicted octanol–water partition coefficient (Wildman–Crippen LogP) is 1.84. The normalized spacial score (nSPS) is 9.89. The predicted molar refractivity (Wildman–Crippen MR) is 69.4 cm³/mol. The van der Waals surface area contributed by atoms with Crippen LogP contribution in [0.3, 0.4) is 0 Å². The van der Waals surface area contributed by atoms with Crippen molar-refractivity contribution >= 4 is 27.8 Å². The topological polar surface area (TPSA) is 75.6 Å². The molecule has 1 amide bonds. The van der Waals surface area contributed by atoms with E-state index in [1.807, 2.05) is 0 Å². The van der Waals surface area contributed by atoms with Crippen molar-refractivity contribution in [3.8, 4) is 5.75 Å². The summed E-state index contributed by atoms with van der Waals surface area (Å²) in [6, 6.07) is 4.50. The standard InChI is InChI=1S/C12H14BrNO4/c1-2-18-11(16)5-6-14-12(17)8-3-4-9(13)10(15)7-8/h3-4,7,15H,2,5-6H2,1H3,(H,14,17). The van der Waals surface area contributed by atoms with Crippen LogP contribution in [0.4, 0.5) is 0 Å². The summed E-state index contributed by atoms with van der Waals surface area (Å²) in [6.45, 7) is 2.25. The Balaban J connectivity index is 2.45. The van der Waals surface area contributed by atoms with Crippen molar-refractivity contribution in [2.75, 3.05) is 13.2 Å². The second kappa shape index (κ2) is 7.00. The molecule has 0 aromatic heterocycles. The molecule has 0 saturated heterocycles. The van der Waals surface area contributed by atoms with E-state index in [0.717, 1.165) is 0 Å². The molecule has 1 aromatic rings. The van der Waals surface area contributed by atoms with E-state index in [-0.39, 0.29) is 30.6 Å². The van der Waals surface area contributed by atoms with E-state index in [1.54, 1.807) is 19.1 Å². The van der Waals surface area contributed by atoms with E-state index >= 15 is 0 Å². The zero-order valence-electron chi connectivity index (χ0n) is 9.90. The van der Waals surface area contributed by atoms with Crippen molar-refractivity contribution in [3.05, 3.63) is 28.2 Å². The molecule has 0 aliphatic rings. The van der Waals surface area contributed by atoms with Crippen LogP contribution >= 0.6 is 15.9 Å². The molecule has 0 radical (unpaired) electrons. The first-order chi connectivity index (χ1) is 8.54. The van der Waals surface area contributed by atoms with Gasteiger partial charge in [0.25, 0.3) is 5.91 Å². The summed E-state index contributed by atoms with van der Waals surface area (Å²) >= 11 is 3.12. The van der Waals surface area contributed by atoms with E-state index in [1.165, 1.54) is 6.07 Å². The number of halogens is 1. The van der Waals surface area contributed by atoms with Crippen molar-refractivity contribution in [1.82, 2.24) is 5.32 Å². The number of esters is 1. The van der Waals surface area contributed by atoms with E-state index in [4.69, 9.17) is 4.74 Å². The summed E-state index contributed by atoms with van der Waals surface area (Å²) in [7, 11) is 0. The number of carbonyl (C=O) groups excluding carboxylic acids is 2. The van der Waals surface area contributed by atoms with Crippen LogP contribution in [-0.4, -0.2) is 30.1 Å². The fourth-order valence-corrected chi connectivity index (χ4v) is 1.51. The Bertz CT molecular complexity index is 448. The van der Waals surface area contributed by atoms with Crippen molar-refractivity contribution in [2.45, 2.75) is 13.3 Å². The average Bonchev–Trinajstić information content (AvgIpc) is 2.33. The Hall–Kier alpha value is -1.56. The second-order valence-corrected chi connectivity index (χ2v) is 4.33. The van der Waals surface area contributed by atoms with Gasteiger partial charge in [-0.25, -0.2) is 0 Å². The van der Waals surface area contributed by atoms with Gasteiger partial charge in [0.05, 0.1) is 17.5 Å². The molecule has 0 aliphatic carbocycles. The minimum Gasteiger partial charge on any atom is -0.507 e. The molecule has 0 heterocycles. The first-order valence-corrected chi connectivity index (χ1v) is 6.26. The molecule has 18 heavy (non-hydrogen) atoms. The minimum atomic E-state index is -0.351. The van der Waals surface area contributed by atoms with Gasteiger partial charge < -0.3 is 15.2 Å². The summed E-state index contributed by atoms with van der Waals surface area (Å²) in [6.07, 6.45) is 0.127. The largest absolute Gasteiger partial charge is 0.507 e. The molecular weight excluding hydrogens is 302 g/mol. The number of nitrogens with one attached hydrogen (secondary N) is 1. The molecule has 0 unspecified atom stereocenters. The molecule has 0 spiro atoms. The fraction of sp³-hybridized carbons (Fsp3) is 0.333. The Morgan fingerprint density at radius 2 is 2.17 bits per heavy atom. The lowest BCUT2D eigenvalue weighted by Crippen LogP contribution is -2.26. The lowest BCUT2D eigenvalue weighted by molar-refractivity contribution is -0.142. The first-order valence-electron chi connectivity index (χ1n) is 5.47. The van der Waals surface area contributed by atoms with Crippen molar-refractivity contribution in [1.29, 1.82) is 0 Å². The van der Waals surface area contributed by atoms with Crippen molar-refractivity contribution in [2.24, 2.45) is 0 Å². The summed E-state index contributed by atoms with van der Waals surface area (Å²) in [5.74, 6) is -0.702. The quantitative estimate of drug-likeness (QED) is 0.813. The molecule has 0 bridgehead atoms. The maximum atomic E-state index is 11.7. The van der Waals surface area contributed by atoms with Gasteiger partial charge in [-0.05, 0) is 41.1 Å². The van der Waals surface area contributed by atoms with Gasteiger partial charge in [0.15, 0.2) is 0 Å². The third-order valence-corrected chi connectivity index (χ3v) is 2.80. The van der Waals surface area contributed by atoms with E-state index < -0.39 is 0 Å². The van der Waals surface area contributed by atoms with Gasteiger partial charge in [-0.2, -0.15) is 0 Å². The van der Waals surface area contributed by atoms with Gasteiger partial charge in [-0.1, -0.05) is 0 Å². The Morgan fingerprint density at radius 3 is 2.78 bits per heavy atom. The van der Waals surface area contributed by atoms with E-state index in [2.05, 4.69) is 21.2 Å². The van der Waals surface area contributed by atoms with Crippen LogP contribution in [0.1, 0.15) is 23.7 Å². The number of amides is 1. The monoisotopic (exact) mass is 315 g/mol. The van der Waals surface area contributed by atoms with E-state index in [9.17, 15) is 14.7 Å². The molecule has 0 atom stereocenters. The zero-order chi connectivity index (χ0) is 13.5. The highest BCUT2D eigenvalue weighted by Gasteiger charge is 2.09. The second-order valence-electron chi connectivity index (χ2n) is 3.48. The fourth-order valence-electron chi connectivity index (χ4n) is 1.27. The molecule has 6 heteroatoms. The maximum absolute atomic E-state index is 11.7. The summed E-state index contributed by atoms with van der Waals surface area (Å²) in [4.78, 5) is 22.7. The Labute approximate surface area is 113 Å². The van der Waals surface area contributed by atoms with Gasteiger partial charge >= 0.3 is 5.97 Å². The summed E-state index contributed by atoms with van der Waals surface area (Å²) < 4.78 is 5.25. The van der Waals surface area contributed by atoms with Gasteiger partial charge in [-0.15, -0.1) is 0 Å². The van der Waals surface area contributed by atoms with Crippen molar-refractivity contribution < 1.29 is 19.4 Å². The number of aromatic hydroxyl groups is 1. The summed E-state index contributed by atoms with van der Waals surface area (Å²) in [5.41, 5.74) is 0.333. The molecule has 0 saturated carbocycles. The number of phenolic OH excluding ortho intramolecular Hbond substituents is 1. The van der Waals surface area contributed by atoms with E-state index in [0.29, 0.717) is 16.6 Å². The van der Waals surface area contributed by atoms with Crippen LogP contribution in [-0.2, 0) is 9.53 Å². The van der Waals surface area contributed by atoms with Gasteiger partial charge in [0, 0.05) is 12.1 Å². The highest BCUT2D eigenvalue weighted by molar-refractivity contribution is 9.10. The number of ether oxygens (including phenoxy) is 1. The third-order valence-electron chi connectivity index (χ3n) is 2.13. The molecule has 1 rings (SSSR count). The van der Waals surface area contributed by atoms with Crippen molar-refractivity contribution in [3.63, 3.8) is 0 Å². The number of rotatable bonds is 5. The minimum absolute atomic E-state index is 0.00644. The van der Waals surface area contributed by atoms with Crippen LogP contribution in [0.2, 0.25) is 0 Å². The molecule has 1 aromatic carbocycles. The highest BCUT2D eigenvalue weighted by atomic mass is 79.9. The zero-order valence-corrected chi connectivity index (χ0v) is 11.5. The molecule has 98 valence electrons. The lowest BCUT2D eigenvalue weighted by Gasteiger charge is -2.06. The van der Waals surface area contributed by atoms with Crippen LogP contribution in [0.5, 0.6) is 5.75 Å².